The van der Waals surface area contributed by atoms with Gasteiger partial charge in [0.2, 0.25) is 0 Å². The van der Waals surface area contributed by atoms with Crippen molar-refractivity contribution < 1.29 is 0 Å². The molecule has 0 bridgehead atoms. The molecule has 0 unspecified atom stereocenters. The van der Waals surface area contributed by atoms with Crippen LogP contribution in [-0.2, 0) is 0 Å². The van der Waals surface area contributed by atoms with Crippen molar-refractivity contribution in [2.75, 3.05) is 6.54 Å². The van der Waals surface area contributed by atoms with Crippen LogP contribution < -0.4 is 5.32 Å². The van der Waals surface area contributed by atoms with Crippen molar-refractivity contribution in [3.63, 3.8) is 0 Å². The van der Waals surface area contributed by atoms with Crippen molar-refractivity contribution in [3.05, 3.63) is 0 Å². The lowest BCUT2D eigenvalue weighted by Crippen LogP contribution is -2.41. The molecule has 0 aromatic heterocycles. The maximum absolute atomic E-state index is 9.00. The van der Waals surface area contributed by atoms with Crippen LogP contribution >= 0.6 is 0 Å². The Morgan fingerprint density at radius 3 is 2.58 bits per heavy atom. The summed E-state index contributed by atoms with van der Waals surface area (Å²) in [5.41, 5.74) is -0.158. The van der Waals surface area contributed by atoms with Crippen molar-refractivity contribution in [2.45, 2.75) is 51.0 Å². The molecule has 68 valence electrons. The molecule has 0 aliphatic heterocycles. The lowest BCUT2D eigenvalue weighted by molar-refractivity contribution is 0.418. The molecule has 2 nitrogen and oxygen atoms in total. The van der Waals surface area contributed by atoms with Crippen molar-refractivity contribution in [3.8, 4) is 6.07 Å². The molecule has 0 aromatic carbocycles. The second kappa shape index (κ2) is 4.47. The largest absolute Gasteiger partial charge is 0.299 e. The fourth-order valence-corrected chi connectivity index (χ4v) is 1.81. The molecule has 2 heteroatoms. The molecule has 1 rings (SSSR count). The maximum atomic E-state index is 9.00. The molecule has 1 aliphatic carbocycles. The van der Waals surface area contributed by atoms with Crippen LogP contribution in [0.25, 0.3) is 0 Å². The molecule has 1 fully saturated rings. The van der Waals surface area contributed by atoms with Gasteiger partial charge < -0.3 is 0 Å². The molecule has 0 atom stereocenters. The van der Waals surface area contributed by atoms with Gasteiger partial charge in [0.05, 0.1) is 6.07 Å². The lowest BCUT2D eigenvalue weighted by Gasteiger charge is -2.21. The summed E-state index contributed by atoms with van der Waals surface area (Å²) in [4.78, 5) is 0. The smallest absolute Gasteiger partial charge is 0.106 e. The average Bonchev–Trinajstić information content (AvgIpc) is 2.55. The van der Waals surface area contributed by atoms with Gasteiger partial charge in [-0.05, 0) is 25.8 Å². The molecule has 0 amide bonds. The number of nitriles is 1. The topological polar surface area (TPSA) is 35.8 Å². The third-order valence-electron chi connectivity index (χ3n) is 2.66. The van der Waals surface area contributed by atoms with Gasteiger partial charge >= 0.3 is 0 Å². The number of unbranched alkanes of at least 4 members (excludes halogenated alkanes) is 1. The van der Waals surface area contributed by atoms with Crippen molar-refractivity contribution in [1.82, 2.24) is 5.32 Å². The lowest BCUT2D eigenvalue weighted by atomic mass is 10.00. The van der Waals surface area contributed by atoms with Crippen LogP contribution in [0.2, 0.25) is 0 Å². The molecule has 0 spiro atoms. The van der Waals surface area contributed by atoms with Gasteiger partial charge in [0.1, 0.15) is 5.54 Å². The van der Waals surface area contributed by atoms with E-state index in [1.165, 1.54) is 25.7 Å². The van der Waals surface area contributed by atoms with Crippen LogP contribution in [0.3, 0.4) is 0 Å². The summed E-state index contributed by atoms with van der Waals surface area (Å²) in [6, 6.07) is 2.43. The highest BCUT2D eigenvalue weighted by Gasteiger charge is 2.32. The molecule has 0 heterocycles. The summed E-state index contributed by atoms with van der Waals surface area (Å²) in [7, 11) is 0. The molecule has 0 radical (unpaired) electrons. The third kappa shape index (κ3) is 2.22. The summed E-state index contributed by atoms with van der Waals surface area (Å²) >= 11 is 0. The molecule has 0 saturated heterocycles. The molecule has 0 aromatic rings. The second-order valence-electron chi connectivity index (χ2n) is 3.68. The first kappa shape index (κ1) is 9.54. The predicted octanol–water partition coefficient (Wildman–Crippen LogP) is 2.21. The minimum absolute atomic E-state index is 0.158. The Labute approximate surface area is 75.0 Å². The highest BCUT2D eigenvalue weighted by atomic mass is 15.0. The number of nitrogens with one attached hydrogen (secondary N) is 1. The van der Waals surface area contributed by atoms with E-state index in [1.54, 1.807) is 0 Å². The number of nitrogens with zero attached hydrogens (tertiary/aromatic N) is 1. The van der Waals surface area contributed by atoms with Crippen molar-refractivity contribution in [2.24, 2.45) is 0 Å². The number of hydrogen-bond acceptors (Lipinski definition) is 2. The molecule has 1 saturated carbocycles. The molecule has 1 aliphatic rings. The van der Waals surface area contributed by atoms with Gasteiger partial charge in [-0.2, -0.15) is 5.26 Å². The Bertz CT molecular complexity index is 163. The van der Waals surface area contributed by atoms with Gasteiger partial charge in [-0.15, -0.1) is 0 Å². The van der Waals surface area contributed by atoms with E-state index in [-0.39, 0.29) is 5.54 Å². The molecule has 1 N–H and O–H groups in total. The summed E-state index contributed by atoms with van der Waals surface area (Å²) in [6.45, 7) is 3.18. The number of hydrogen-bond donors (Lipinski definition) is 1. The summed E-state index contributed by atoms with van der Waals surface area (Å²) in [6.07, 6.45) is 6.91. The average molecular weight is 166 g/mol. The van der Waals surface area contributed by atoms with E-state index in [0.717, 1.165) is 19.4 Å². The van der Waals surface area contributed by atoms with E-state index in [4.69, 9.17) is 5.26 Å². The number of rotatable bonds is 4. The minimum Gasteiger partial charge on any atom is -0.299 e. The normalized spacial score (nSPS) is 20.7. The van der Waals surface area contributed by atoms with Crippen molar-refractivity contribution >= 4 is 0 Å². The summed E-state index contributed by atoms with van der Waals surface area (Å²) < 4.78 is 0. The highest BCUT2D eigenvalue weighted by Crippen LogP contribution is 2.28. The Morgan fingerprint density at radius 2 is 2.08 bits per heavy atom. The highest BCUT2D eigenvalue weighted by molar-refractivity contribution is 5.09. The van der Waals surface area contributed by atoms with Crippen LogP contribution in [0.15, 0.2) is 0 Å². The first-order chi connectivity index (χ1) is 5.83. The van der Waals surface area contributed by atoms with Crippen LogP contribution in [0.5, 0.6) is 0 Å². The van der Waals surface area contributed by atoms with Crippen LogP contribution in [0.4, 0.5) is 0 Å². The Kier molecular flexibility index (Phi) is 3.55. The van der Waals surface area contributed by atoms with Crippen molar-refractivity contribution in [1.29, 1.82) is 5.26 Å². The fraction of sp³-hybridized carbons (Fsp3) is 0.900. The molecular formula is C10H18N2. The van der Waals surface area contributed by atoms with E-state index in [2.05, 4.69) is 18.3 Å². The van der Waals surface area contributed by atoms with Gasteiger partial charge in [-0.1, -0.05) is 26.2 Å². The zero-order valence-electron chi connectivity index (χ0n) is 7.90. The fourth-order valence-electron chi connectivity index (χ4n) is 1.81. The van der Waals surface area contributed by atoms with Gasteiger partial charge in [-0.3, -0.25) is 5.32 Å². The SMILES string of the molecule is CCCCNC1(C#N)CCCC1. The first-order valence-corrected chi connectivity index (χ1v) is 4.99. The van der Waals surface area contributed by atoms with Crippen LogP contribution in [-0.4, -0.2) is 12.1 Å². The first-order valence-electron chi connectivity index (χ1n) is 4.99. The minimum atomic E-state index is -0.158. The zero-order valence-corrected chi connectivity index (χ0v) is 7.90. The Hall–Kier alpha value is -0.550. The summed E-state index contributed by atoms with van der Waals surface area (Å²) in [5, 5.41) is 12.4. The third-order valence-corrected chi connectivity index (χ3v) is 2.66. The van der Waals surface area contributed by atoms with E-state index < -0.39 is 0 Å². The summed E-state index contributed by atoms with van der Waals surface area (Å²) in [5.74, 6) is 0. The quantitative estimate of drug-likeness (QED) is 0.650. The predicted molar refractivity (Wildman–Crippen MR) is 49.7 cm³/mol. The van der Waals surface area contributed by atoms with Gasteiger partial charge in [0, 0.05) is 0 Å². The van der Waals surface area contributed by atoms with Crippen LogP contribution in [0.1, 0.15) is 45.4 Å². The van der Waals surface area contributed by atoms with E-state index >= 15 is 0 Å². The van der Waals surface area contributed by atoms with E-state index in [9.17, 15) is 0 Å². The Morgan fingerprint density at radius 1 is 1.42 bits per heavy atom. The standard InChI is InChI=1S/C10H18N2/c1-2-3-8-12-10(9-11)6-4-5-7-10/h12H,2-8H2,1H3. The Balaban J connectivity index is 2.30. The monoisotopic (exact) mass is 166 g/mol. The second-order valence-corrected chi connectivity index (χ2v) is 3.68. The van der Waals surface area contributed by atoms with Gasteiger partial charge in [0.15, 0.2) is 0 Å². The van der Waals surface area contributed by atoms with E-state index in [1.807, 2.05) is 0 Å². The molecular weight excluding hydrogens is 148 g/mol. The molecule has 12 heavy (non-hydrogen) atoms. The van der Waals surface area contributed by atoms with Gasteiger partial charge in [-0.25, -0.2) is 0 Å². The zero-order chi connectivity index (χ0) is 8.86. The van der Waals surface area contributed by atoms with Crippen LogP contribution in [0, 0.1) is 11.3 Å². The maximum Gasteiger partial charge on any atom is 0.106 e. The van der Waals surface area contributed by atoms with E-state index in [0.29, 0.717) is 0 Å². The van der Waals surface area contributed by atoms with Gasteiger partial charge in [0.25, 0.3) is 0 Å².